The van der Waals surface area contributed by atoms with Crippen molar-refractivity contribution in [1.82, 2.24) is 15.4 Å². The standard InChI is InChI=1S/C25H29N3O6S/c1-17-13-19(22-5-3-4-6-23(22)26-17)15-34-21-9-7-20(8-10-21)25(14-24(30)27-31)16-28(18(2)29)11-12-35(25,32)33/h3-10,13,31-33H,11-12,14-16H2,1-2H3,(H,27,30). The fourth-order valence-corrected chi connectivity index (χ4v) is 6.68. The third-order valence-electron chi connectivity index (χ3n) is 6.44. The molecule has 0 spiro atoms. The van der Waals surface area contributed by atoms with Gasteiger partial charge in [0.1, 0.15) is 17.1 Å². The van der Waals surface area contributed by atoms with Gasteiger partial charge in [0.05, 0.1) is 17.7 Å². The van der Waals surface area contributed by atoms with Crippen LogP contribution in [-0.4, -0.2) is 54.9 Å². The number of aryl methyl sites for hydroxylation is 1. The van der Waals surface area contributed by atoms with Crippen LogP contribution in [0.15, 0.2) is 54.6 Å². The highest BCUT2D eigenvalue weighted by molar-refractivity contribution is 8.25. The Hall–Kier alpha value is -3.18. The van der Waals surface area contributed by atoms with Gasteiger partial charge in [-0.1, -0.05) is 30.3 Å². The van der Waals surface area contributed by atoms with Gasteiger partial charge in [0.15, 0.2) is 0 Å². The number of pyridine rings is 1. The predicted molar refractivity (Wildman–Crippen MR) is 133 cm³/mol. The van der Waals surface area contributed by atoms with Gasteiger partial charge in [0, 0.05) is 36.7 Å². The Balaban J connectivity index is 1.62. The molecule has 35 heavy (non-hydrogen) atoms. The summed E-state index contributed by atoms with van der Waals surface area (Å²) in [5.74, 6) is -0.494. The predicted octanol–water partition coefficient (Wildman–Crippen LogP) is 3.83. The Labute approximate surface area is 205 Å². The Morgan fingerprint density at radius 3 is 2.57 bits per heavy atom. The van der Waals surface area contributed by atoms with E-state index in [1.807, 2.05) is 37.3 Å². The smallest absolute Gasteiger partial charge is 0.245 e. The van der Waals surface area contributed by atoms with Crippen LogP contribution in [0.3, 0.4) is 0 Å². The molecule has 1 atom stereocenters. The third-order valence-corrected chi connectivity index (χ3v) is 8.95. The highest BCUT2D eigenvalue weighted by Crippen LogP contribution is 2.62. The van der Waals surface area contributed by atoms with E-state index in [0.717, 1.165) is 22.2 Å². The number of nitrogens with one attached hydrogen (secondary N) is 1. The van der Waals surface area contributed by atoms with E-state index in [1.165, 1.54) is 11.8 Å². The molecular weight excluding hydrogens is 470 g/mol. The Bertz CT molecular complexity index is 1250. The summed E-state index contributed by atoms with van der Waals surface area (Å²) in [4.78, 5) is 30.3. The largest absolute Gasteiger partial charge is 0.489 e. The van der Waals surface area contributed by atoms with Crippen LogP contribution in [0.4, 0.5) is 0 Å². The number of hydroxylamine groups is 1. The summed E-state index contributed by atoms with van der Waals surface area (Å²) in [7, 11) is -3.32. The number of amides is 2. The van der Waals surface area contributed by atoms with Crippen LogP contribution in [0.25, 0.3) is 10.9 Å². The van der Waals surface area contributed by atoms with Crippen molar-refractivity contribution >= 4 is 33.3 Å². The topological polar surface area (TPSA) is 132 Å². The van der Waals surface area contributed by atoms with Crippen molar-refractivity contribution in [2.75, 3.05) is 18.8 Å². The molecule has 1 aromatic heterocycles. The van der Waals surface area contributed by atoms with Crippen LogP contribution in [0.2, 0.25) is 0 Å². The Kier molecular flexibility index (Phi) is 7.00. The molecule has 186 valence electrons. The first-order valence-electron chi connectivity index (χ1n) is 11.2. The summed E-state index contributed by atoms with van der Waals surface area (Å²) in [5, 5.41) is 10.1. The Morgan fingerprint density at radius 2 is 1.89 bits per heavy atom. The second-order valence-corrected chi connectivity index (χ2v) is 11.3. The SMILES string of the molecule is CC(=O)N1CCS(O)(O)C(CC(=O)NO)(c2ccc(OCc3cc(C)nc4ccccc34)cc2)C1. The highest BCUT2D eigenvalue weighted by Gasteiger charge is 2.51. The van der Waals surface area contributed by atoms with Crippen molar-refractivity contribution < 1.29 is 28.6 Å². The van der Waals surface area contributed by atoms with E-state index < -0.39 is 27.7 Å². The lowest BCUT2D eigenvalue weighted by Crippen LogP contribution is -2.54. The van der Waals surface area contributed by atoms with Gasteiger partial charge in [-0.3, -0.25) is 28.9 Å². The first-order chi connectivity index (χ1) is 16.6. The van der Waals surface area contributed by atoms with Gasteiger partial charge in [-0.2, -0.15) is 10.6 Å². The zero-order chi connectivity index (χ0) is 25.2. The zero-order valence-electron chi connectivity index (χ0n) is 19.6. The van der Waals surface area contributed by atoms with Crippen LogP contribution in [0, 0.1) is 6.92 Å². The molecule has 0 saturated carbocycles. The summed E-state index contributed by atoms with van der Waals surface area (Å²) in [6.45, 7) is 3.77. The molecule has 9 nitrogen and oxygen atoms in total. The van der Waals surface area contributed by atoms with E-state index in [-0.39, 0.29) is 24.7 Å². The maximum absolute atomic E-state index is 12.2. The maximum atomic E-state index is 12.2. The molecule has 2 aromatic carbocycles. The van der Waals surface area contributed by atoms with Gasteiger partial charge in [-0.05, 0) is 36.8 Å². The van der Waals surface area contributed by atoms with Gasteiger partial charge in [0.25, 0.3) is 0 Å². The minimum Gasteiger partial charge on any atom is -0.489 e. The van der Waals surface area contributed by atoms with Crippen LogP contribution in [0.1, 0.15) is 30.2 Å². The molecule has 0 bridgehead atoms. The summed E-state index contributed by atoms with van der Waals surface area (Å²) in [5.41, 5.74) is 4.83. The number of rotatable bonds is 6. The zero-order valence-corrected chi connectivity index (χ0v) is 20.4. The van der Waals surface area contributed by atoms with Gasteiger partial charge in [-0.15, -0.1) is 0 Å². The third kappa shape index (κ3) is 4.96. The van der Waals surface area contributed by atoms with E-state index in [1.54, 1.807) is 29.7 Å². The van der Waals surface area contributed by atoms with Gasteiger partial charge in [0.2, 0.25) is 11.8 Å². The first kappa shape index (κ1) is 24.9. The number of ether oxygens (including phenoxy) is 1. The number of nitrogens with zero attached hydrogens (tertiary/aromatic N) is 2. The molecule has 2 heterocycles. The van der Waals surface area contributed by atoms with Crippen LogP contribution >= 0.6 is 10.6 Å². The van der Waals surface area contributed by atoms with Crippen LogP contribution in [0.5, 0.6) is 5.75 Å². The molecule has 2 amide bonds. The number of aromatic nitrogens is 1. The first-order valence-corrected chi connectivity index (χ1v) is 12.9. The molecular formula is C25H29N3O6S. The van der Waals surface area contributed by atoms with E-state index >= 15 is 0 Å². The van der Waals surface area contributed by atoms with Crippen LogP contribution < -0.4 is 10.2 Å². The average Bonchev–Trinajstić information content (AvgIpc) is 2.83. The van der Waals surface area contributed by atoms with Gasteiger partial charge >= 0.3 is 0 Å². The van der Waals surface area contributed by atoms with Crippen molar-refractivity contribution in [3.63, 3.8) is 0 Å². The van der Waals surface area contributed by atoms with E-state index in [4.69, 9.17) is 9.94 Å². The molecule has 1 unspecified atom stereocenters. The molecule has 1 fully saturated rings. The number of fused-ring (bicyclic) bond motifs is 1. The number of para-hydroxylation sites is 1. The van der Waals surface area contributed by atoms with E-state index in [2.05, 4.69) is 4.98 Å². The Morgan fingerprint density at radius 1 is 1.17 bits per heavy atom. The minimum absolute atomic E-state index is 0.0550. The van der Waals surface area contributed by atoms with E-state index in [0.29, 0.717) is 17.9 Å². The van der Waals surface area contributed by atoms with Gasteiger partial charge < -0.3 is 9.64 Å². The molecule has 4 rings (SSSR count). The minimum atomic E-state index is -3.32. The number of benzene rings is 2. The van der Waals surface area contributed by atoms with Crippen molar-refractivity contribution in [3.8, 4) is 5.75 Å². The molecule has 10 heteroatoms. The van der Waals surface area contributed by atoms with E-state index in [9.17, 15) is 18.7 Å². The lowest BCUT2D eigenvalue weighted by Gasteiger charge is -2.56. The average molecular weight is 500 g/mol. The molecule has 4 N–H and O–H groups in total. The number of carbonyl (C=O) groups excluding carboxylic acids is 2. The van der Waals surface area contributed by atoms with Crippen molar-refractivity contribution in [2.24, 2.45) is 0 Å². The normalized spacial score (nSPS) is 20.3. The fraction of sp³-hybridized carbons (Fsp3) is 0.320. The lowest BCUT2D eigenvalue weighted by atomic mass is 9.93. The quantitative estimate of drug-likeness (QED) is 0.299. The second kappa shape index (κ2) is 9.82. The molecule has 0 aliphatic carbocycles. The summed E-state index contributed by atoms with van der Waals surface area (Å²) in [6, 6.07) is 16.6. The number of hydrogen-bond donors (Lipinski definition) is 4. The lowest BCUT2D eigenvalue weighted by molar-refractivity contribution is -0.133. The van der Waals surface area contributed by atoms with Gasteiger partial charge in [-0.25, -0.2) is 5.48 Å². The molecule has 1 aliphatic rings. The molecule has 1 aliphatic heterocycles. The fourth-order valence-electron chi connectivity index (χ4n) is 4.58. The number of hydrogen-bond acceptors (Lipinski definition) is 7. The van der Waals surface area contributed by atoms with Crippen molar-refractivity contribution in [3.05, 3.63) is 71.4 Å². The maximum Gasteiger partial charge on any atom is 0.245 e. The summed E-state index contributed by atoms with van der Waals surface area (Å²) in [6.07, 6.45) is -0.391. The summed E-state index contributed by atoms with van der Waals surface area (Å²) < 4.78 is 26.6. The highest BCUT2D eigenvalue weighted by atomic mass is 32.3. The number of carbonyl (C=O) groups is 2. The molecule has 3 aromatic rings. The van der Waals surface area contributed by atoms with Crippen molar-refractivity contribution in [2.45, 2.75) is 31.6 Å². The molecule has 0 radical (unpaired) electrons. The molecule has 1 saturated heterocycles. The monoisotopic (exact) mass is 499 g/mol. The second-order valence-electron chi connectivity index (χ2n) is 8.77. The van der Waals surface area contributed by atoms with Crippen molar-refractivity contribution in [1.29, 1.82) is 0 Å². The summed E-state index contributed by atoms with van der Waals surface area (Å²) >= 11 is 0. The van der Waals surface area contributed by atoms with Crippen LogP contribution in [-0.2, 0) is 20.9 Å².